The van der Waals surface area contributed by atoms with E-state index in [1.807, 2.05) is 12.1 Å². The van der Waals surface area contributed by atoms with Gasteiger partial charge in [0.15, 0.2) is 6.61 Å². The Hall–Kier alpha value is -1.92. The number of aliphatic hydroxyl groups excluding tert-OH is 1. The van der Waals surface area contributed by atoms with Crippen molar-refractivity contribution in [2.24, 2.45) is 5.92 Å². The lowest BCUT2D eigenvalue weighted by Crippen LogP contribution is -2.39. The maximum atomic E-state index is 9.48. The van der Waals surface area contributed by atoms with Gasteiger partial charge in [-0.2, -0.15) is 4.98 Å². The molecule has 1 aromatic carbocycles. The molecule has 0 saturated heterocycles. The highest BCUT2D eigenvalue weighted by atomic mass is 16.5. The molecule has 6 nitrogen and oxygen atoms in total. The van der Waals surface area contributed by atoms with E-state index >= 15 is 0 Å². The van der Waals surface area contributed by atoms with Gasteiger partial charge >= 0.3 is 0 Å². The summed E-state index contributed by atoms with van der Waals surface area (Å²) in [6.45, 7) is 3.15. The molecule has 3 rings (SSSR count). The first-order chi connectivity index (χ1) is 11.7. The van der Waals surface area contributed by atoms with Gasteiger partial charge in [-0.25, -0.2) is 0 Å². The van der Waals surface area contributed by atoms with Crippen LogP contribution < -0.4 is 10.1 Å². The van der Waals surface area contributed by atoms with Gasteiger partial charge in [0.2, 0.25) is 11.7 Å². The van der Waals surface area contributed by atoms with Crippen LogP contribution in [0.25, 0.3) is 0 Å². The summed E-state index contributed by atoms with van der Waals surface area (Å²) >= 11 is 0. The van der Waals surface area contributed by atoms with Crippen molar-refractivity contribution in [3.63, 3.8) is 0 Å². The van der Waals surface area contributed by atoms with Crippen LogP contribution in [0.2, 0.25) is 0 Å². The molecule has 0 bridgehead atoms. The fourth-order valence-corrected chi connectivity index (χ4v) is 3.20. The number of ether oxygens (including phenoxy) is 1. The summed E-state index contributed by atoms with van der Waals surface area (Å²) in [7, 11) is 0. The van der Waals surface area contributed by atoms with Gasteiger partial charge < -0.3 is 19.7 Å². The molecule has 2 aromatic rings. The topological polar surface area (TPSA) is 80.4 Å². The molecule has 2 unspecified atom stereocenters. The zero-order valence-corrected chi connectivity index (χ0v) is 14.1. The molecule has 0 aliphatic heterocycles. The fraction of sp³-hybridized carbons (Fsp3) is 0.556. The molecule has 0 radical (unpaired) electrons. The van der Waals surface area contributed by atoms with Crippen LogP contribution >= 0.6 is 0 Å². The summed E-state index contributed by atoms with van der Waals surface area (Å²) in [5, 5.41) is 16.9. The fourth-order valence-electron chi connectivity index (χ4n) is 3.20. The van der Waals surface area contributed by atoms with Gasteiger partial charge in [0, 0.05) is 26.1 Å². The second-order valence-corrected chi connectivity index (χ2v) is 6.38. The largest absolute Gasteiger partial charge is 0.485 e. The number of hydrogen-bond donors (Lipinski definition) is 2. The molecule has 130 valence electrons. The molecule has 1 aliphatic rings. The van der Waals surface area contributed by atoms with E-state index in [1.54, 1.807) is 6.92 Å². The second kappa shape index (κ2) is 8.26. The Labute approximate surface area is 142 Å². The highest BCUT2D eigenvalue weighted by Gasteiger charge is 2.23. The number of aryl methyl sites for hydroxylation is 1. The van der Waals surface area contributed by atoms with Crippen molar-refractivity contribution < 1.29 is 14.4 Å². The highest BCUT2D eigenvalue weighted by Crippen LogP contribution is 2.24. The van der Waals surface area contributed by atoms with E-state index in [9.17, 15) is 5.11 Å². The second-order valence-electron chi connectivity index (χ2n) is 6.38. The summed E-state index contributed by atoms with van der Waals surface area (Å²) < 4.78 is 10.6. The van der Waals surface area contributed by atoms with Crippen molar-refractivity contribution in [3.05, 3.63) is 41.5 Å². The average Bonchev–Trinajstić information content (AvgIpc) is 3.04. The number of rotatable bonds is 7. The van der Waals surface area contributed by atoms with E-state index in [2.05, 4.69) is 27.6 Å². The van der Waals surface area contributed by atoms with E-state index in [1.165, 1.54) is 18.4 Å². The van der Waals surface area contributed by atoms with Crippen LogP contribution in [0.15, 0.2) is 28.8 Å². The van der Waals surface area contributed by atoms with Crippen LogP contribution in [0.1, 0.15) is 43.0 Å². The Kier molecular flexibility index (Phi) is 5.82. The zero-order valence-electron chi connectivity index (χ0n) is 14.1. The van der Waals surface area contributed by atoms with Gasteiger partial charge in [0.05, 0.1) is 0 Å². The predicted octanol–water partition coefficient (Wildman–Crippen LogP) is 2.60. The van der Waals surface area contributed by atoms with Gasteiger partial charge in [-0.15, -0.1) is 0 Å². The molecule has 1 fully saturated rings. The molecule has 1 saturated carbocycles. The van der Waals surface area contributed by atoms with Crippen LogP contribution in [-0.4, -0.2) is 27.9 Å². The molecule has 0 amide bonds. The van der Waals surface area contributed by atoms with Gasteiger partial charge in [0.1, 0.15) is 5.75 Å². The molecular formula is C18H25N3O3. The molecule has 0 spiro atoms. The standard InChI is InChI=1S/C18H25N3O3/c1-13-20-18(21-24-13)12-23-16-8-6-14(7-9-16)10-19-17-5-3-2-4-15(17)11-22/h6-9,15,17,19,22H,2-5,10-12H2,1H3. The Morgan fingerprint density at radius 3 is 2.75 bits per heavy atom. The van der Waals surface area contributed by atoms with Crippen molar-refractivity contribution in [2.75, 3.05) is 6.61 Å². The van der Waals surface area contributed by atoms with Gasteiger partial charge in [-0.1, -0.05) is 30.1 Å². The lowest BCUT2D eigenvalue weighted by atomic mass is 9.85. The van der Waals surface area contributed by atoms with E-state index in [0.717, 1.165) is 25.1 Å². The van der Waals surface area contributed by atoms with Crippen molar-refractivity contribution >= 4 is 0 Å². The maximum absolute atomic E-state index is 9.48. The first-order valence-corrected chi connectivity index (χ1v) is 8.60. The lowest BCUT2D eigenvalue weighted by Gasteiger charge is -2.31. The lowest BCUT2D eigenvalue weighted by molar-refractivity contribution is 0.152. The minimum Gasteiger partial charge on any atom is -0.485 e. The smallest absolute Gasteiger partial charge is 0.223 e. The quantitative estimate of drug-likeness (QED) is 0.812. The minimum atomic E-state index is 0.278. The van der Waals surface area contributed by atoms with Crippen molar-refractivity contribution in [1.29, 1.82) is 0 Å². The third-order valence-corrected chi connectivity index (χ3v) is 4.57. The number of benzene rings is 1. The highest BCUT2D eigenvalue weighted by molar-refractivity contribution is 5.27. The summed E-state index contributed by atoms with van der Waals surface area (Å²) in [6, 6.07) is 8.44. The van der Waals surface area contributed by atoms with Crippen LogP contribution in [-0.2, 0) is 13.2 Å². The Morgan fingerprint density at radius 1 is 1.25 bits per heavy atom. The number of nitrogens with zero attached hydrogens (tertiary/aromatic N) is 2. The van der Waals surface area contributed by atoms with E-state index < -0.39 is 0 Å². The number of nitrogens with one attached hydrogen (secondary N) is 1. The predicted molar refractivity (Wildman–Crippen MR) is 89.5 cm³/mol. The normalized spacial score (nSPS) is 20.9. The summed E-state index contributed by atoms with van der Waals surface area (Å²) in [5.74, 6) is 2.26. The summed E-state index contributed by atoms with van der Waals surface area (Å²) in [5.41, 5.74) is 1.21. The number of aliphatic hydroxyl groups is 1. The van der Waals surface area contributed by atoms with Gasteiger partial charge in [-0.3, -0.25) is 0 Å². The first-order valence-electron chi connectivity index (χ1n) is 8.60. The maximum Gasteiger partial charge on any atom is 0.223 e. The van der Waals surface area contributed by atoms with E-state index in [0.29, 0.717) is 30.3 Å². The molecule has 1 aliphatic carbocycles. The Morgan fingerprint density at radius 2 is 2.04 bits per heavy atom. The van der Waals surface area contributed by atoms with Crippen LogP contribution in [0.3, 0.4) is 0 Å². The summed E-state index contributed by atoms with van der Waals surface area (Å²) in [4.78, 5) is 4.11. The van der Waals surface area contributed by atoms with Gasteiger partial charge in [-0.05, 0) is 36.5 Å². The molecule has 1 heterocycles. The molecule has 6 heteroatoms. The molecular weight excluding hydrogens is 306 g/mol. The van der Waals surface area contributed by atoms with E-state index in [-0.39, 0.29) is 6.61 Å². The zero-order chi connectivity index (χ0) is 16.8. The minimum absolute atomic E-state index is 0.278. The van der Waals surface area contributed by atoms with E-state index in [4.69, 9.17) is 9.26 Å². The molecule has 1 aromatic heterocycles. The van der Waals surface area contributed by atoms with Crippen LogP contribution in [0.5, 0.6) is 5.75 Å². The monoisotopic (exact) mass is 331 g/mol. The number of aromatic nitrogens is 2. The molecule has 2 N–H and O–H groups in total. The molecule has 24 heavy (non-hydrogen) atoms. The van der Waals surface area contributed by atoms with Crippen LogP contribution in [0, 0.1) is 12.8 Å². The first kappa shape index (κ1) is 16.9. The third kappa shape index (κ3) is 4.55. The summed E-state index contributed by atoms with van der Waals surface area (Å²) in [6.07, 6.45) is 4.75. The Balaban J connectivity index is 1.47. The van der Waals surface area contributed by atoms with Gasteiger partial charge in [0.25, 0.3) is 0 Å². The molecule has 2 atom stereocenters. The van der Waals surface area contributed by atoms with Crippen molar-refractivity contribution in [2.45, 2.75) is 51.8 Å². The number of hydrogen-bond acceptors (Lipinski definition) is 6. The van der Waals surface area contributed by atoms with Crippen molar-refractivity contribution in [3.8, 4) is 5.75 Å². The third-order valence-electron chi connectivity index (χ3n) is 4.57. The Bertz CT molecular complexity index is 627. The van der Waals surface area contributed by atoms with Crippen LogP contribution in [0.4, 0.5) is 0 Å². The SMILES string of the molecule is Cc1nc(COc2ccc(CNC3CCCCC3CO)cc2)no1. The van der Waals surface area contributed by atoms with Crippen molar-refractivity contribution in [1.82, 2.24) is 15.5 Å². The average molecular weight is 331 g/mol.